The first-order chi connectivity index (χ1) is 7.56. The molecule has 0 bridgehead atoms. The van der Waals surface area contributed by atoms with Gasteiger partial charge >= 0.3 is 6.09 Å². The number of benzene rings is 1. The summed E-state index contributed by atoms with van der Waals surface area (Å²) in [6.45, 7) is 0.123. The van der Waals surface area contributed by atoms with E-state index in [1.54, 1.807) is 12.1 Å². The third-order valence-corrected chi connectivity index (χ3v) is 2.74. The first-order valence-corrected chi connectivity index (χ1v) is 5.57. The van der Waals surface area contributed by atoms with Crippen LogP contribution in [0.3, 0.4) is 0 Å². The highest BCUT2D eigenvalue weighted by molar-refractivity contribution is 9.10. The molecule has 16 heavy (non-hydrogen) atoms. The zero-order valence-corrected chi connectivity index (χ0v) is 10.3. The van der Waals surface area contributed by atoms with E-state index in [-0.39, 0.29) is 6.54 Å². The van der Waals surface area contributed by atoms with Crippen LogP contribution < -0.4 is 5.32 Å². The second-order valence-electron chi connectivity index (χ2n) is 3.18. The molecule has 1 amide bonds. The number of carbonyl (C=O) groups is 1. The Morgan fingerprint density at radius 3 is 2.94 bits per heavy atom. The van der Waals surface area contributed by atoms with Crippen LogP contribution in [0.5, 0.6) is 0 Å². The highest BCUT2D eigenvalue weighted by atomic mass is 79.9. The smallest absolute Gasteiger partial charge is 0.405 e. The molecule has 2 rings (SSSR count). The molecule has 0 atom stereocenters. The molecule has 2 aromatic rings. The van der Waals surface area contributed by atoms with Crippen molar-refractivity contribution in [3.05, 3.63) is 33.5 Å². The van der Waals surface area contributed by atoms with Gasteiger partial charge in [-0.1, -0.05) is 27.5 Å². The second kappa shape index (κ2) is 4.35. The van der Waals surface area contributed by atoms with Gasteiger partial charge in [-0.3, -0.25) is 0 Å². The molecule has 1 heterocycles. The van der Waals surface area contributed by atoms with Crippen LogP contribution in [0.1, 0.15) is 5.76 Å². The molecule has 0 spiro atoms. The number of amides is 1. The van der Waals surface area contributed by atoms with Crippen LogP contribution in [0.4, 0.5) is 4.79 Å². The van der Waals surface area contributed by atoms with Gasteiger partial charge in [0.2, 0.25) is 0 Å². The molecule has 1 aromatic heterocycles. The number of nitrogens with one attached hydrogen (secondary N) is 1. The van der Waals surface area contributed by atoms with E-state index >= 15 is 0 Å². The predicted octanol–water partition coefficient (Wildman–Crippen LogP) is 3.62. The van der Waals surface area contributed by atoms with Crippen molar-refractivity contribution in [3.63, 3.8) is 0 Å². The summed E-state index contributed by atoms with van der Waals surface area (Å²) >= 11 is 9.30. The Bertz CT molecular complexity index is 552. The molecule has 1 aromatic carbocycles. The lowest BCUT2D eigenvalue weighted by Crippen LogP contribution is -2.19. The molecule has 6 heteroatoms. The van der Waals surface area contributed by atoms with Gasteiger partial charge < -0.3 is 14.8 Å². The molecule has 84 valence electrons. The molecule has 0 radical (unpaired) electrons. The standard InChI is InChI=1S/C10H7BrClNO3/c11-6-1-5-2-7(4-13-10(14)15)16-9(5)8(12)3-6/h1-3,13H,4H2,(H,14,15). The summed E-state index contributed by atoms with van der Waals surface area (Å²) in [5.41, 5.74) is 0.562. The van der Waals surface area contributed by atoms with Gasteiger partial charge in [0, 0.05) is 9.86 Å². The average Bonchev–Trinajstić information content (AvgIpc) is 2.57. The van der Waals surface area contributed by atoms with E-state index in [2.05, 4.69) is 21.2 Å². The number of rotatable bonds is 2. The second-order valence-corrected chi connectivity index (χ2v) is 4.50. The van der Waals surface area contributed by atoms with Crippen molar-refractivity contribution in [2.24, 2.45) is 0 Å². The molecular formula is C10H7BrClNO3. The number of furan rings is 1. The monoisotopic (exact) mass is 303 g/mol. The van der Waals surface area contributed by atoms with Crippen molar-refractivity contribution in [1.82, 2.24) is 5.32 Å². The first kappa shape index (κ1) is 11.3. The Labute approximate surface area is 104 Å². The third kappa shape index (κ3) is 2.31. The quantitative estimate of drug-likeness (QED) is 0.891. The number of hydrogen-bond donors (Lipinski definition) is 2. The molecule has 0 aliphatic rings. The maximum absolute atomic E-state index is 10.3. The minimum Gasteiger partial charge on any atom is -0.465 e. The number of carboxylic acid groups (broad SMARTS) is 1. The Morgan fingerprint density at radius 2 is 2.25 bits per heavy atom. The Hall–Kier alpha value is -1.20. The topological polar surface area (TPSA) is 62.5 Å². The van der Waals surface area contributed by atoms with E-state index in [9.17, 15) is 4.79 Å². The van der Waals surface area contributed by atoms with Crippen LogP contribution >= 0.6 is 27.5 Å². The van der Waals surface area contributed by atoms with Crippen LogP contribution in [0.15, 0.2) is 27.1 Å². The van der Waals surface area contributed by atoms with Gasteiger partial charge in [-0.25, -0.2) is 4.79 Å². The molecule has 0 unspecified atom stereocenters. The van der Waals surface area contributed by atoms with E-state index in [4.69, 9.17) is 21.1 Å². The molecular weight excluding hydrogens is 297 g/mol. The van der Waals surface area contributed by atoms with Gasteiger partial charge in [0.1, 0.15) is 5.76 Å². The van der Waals surface area contributed by atoms with Crippen molar-refractivity contribution < 1.29 is 14.3 Å². The summed E-state index contributed by atoms with van der Waals surface area (Å²) in [4.78, 5) is 10.3. The van der Waals surface area contributed by atoms with E-state index in [0.717, 1.165) is 9.86 Å². The van der Waals surface area contributed by atoms with Gasteiger partial charge in [0.05, 0.1) is 11.6 Å². The van der Waals surface area contributed by atoms with Crippen LogP contribution in [0.2, 0.25) is 5.02 Å². The molecule has 0 aliphatic carbocycles. The van der Waals surface area contributed by atoms with Crippen LogP contribution in [-0.2, 0) is 6.54 Å². The molecule has 0 fully saturated rings. The van der Waals surface area contributed by atoms with Crippen molar-refractivity contribution >= 4 is 44.6 Å². The Balaban J connectivity index is 2.36. The van der Waals surface area contributed by atoms with Gasteiger partial charge in [-0.2, -0.15) is 0 Å². The first-order valence-electron chi connectivity index (χ1n) is 4.40. The van der Waals surface area contributed by atoms with Crippen molar-refractivity contribution in [3.8, 4) is 0 Å². The molecule has 4 nitrogen and oxygen atoms in total. The summed E-state index contributed by atoms with van der Waals surface area (Å²) in [7, 11) is 0. The van der Waals surface area contributed by atoms with Crippen molar-refractivity contribution in [2.45, 2.75) is 6.54 Å². The predicted molar refractivity (Wildman–Crippen MR) is 63.8 cm³/mol. The summed E-state index contributed by atoms with van der Waals surface area (Å²) in [6.07, 6.45) is -1.09. The Kier molecular flexibility index (Phi) is 3.07. The van der Waals surface area contributed by atoms with E-state index in [1.807, 2.05) is 6.07 Å². The summed E-state index contributed by atoms with van der Waals surface area (Å²) < 4.78 is 6.28. The molecule has 2 N–H and O–H groups in total. The van der Waals surface area contributed by atoms with Gasteiger partial charge in [0.15, 0.2) is 5.58 Å². The zero-order chi connectivity index (χ0) is 11.7. The highest BCUT2D eigenvalue weighted by Gasteiger charge is 2.09. The van der Waals surface area contributed by atoms with Gasteiger partial charge in [0.25, 0.3) is 0 Å². The Morgan fingerprint density at radius 1 is 1.50 bits per heavy atom. The van der Waals surface area contributed by atoms with E-state index < -0.39 is 6.09 Å². The van der Waals surface area contributed by atoms with Crippen LogP contribution in [-0.4, -0.2) is 11.2 Å². The fraction of sp³-hybridized carbons (Fsp3) is 0.100. The maximum atomic E-state index is 10.3. The summed E-state index contributed by atoms with van der Waals surface area (Å²) in [5, 5.41) is 12.0. The number of halogens is 2. The lowest BCUT2D eigenvalue weighted by atomic mass is 10.2. The number of fused-ring (bicyclic) bond motifs is 1. The van der Waals surface area contributed by atoms with E-state index in [1.165, 1.54) is 0 Å². The summed E-state index contributed by atoms with van der Waals surface area (Å²) in [6, 6.07) is 5.33. The third-order valence-electron chi connectivity index (χ3n) is 2.00. The lowest BCUT2D eigenvalue weighted by Gasteiger charge is -1.95. The zero-order valence-electron chi connectivity index (χ0n) is 7.96. The SMILES string of the molecule is O=C(O)NCc1cc2cc(Br)cc(Cl)c2o1. The maximum Gasteiger partial charge on any atom is 0.405 e. The van der Waals surface area contributed by atoms with Crippen molar-refractivity contribution in [2.75, 3.05) is 0 Å². The van der Waals surface area contributed by atoms with Crippen molar-refractivity contribution in [1.29, 1.82) is 0 Å². The van der Waals surface area contributed by atoms with Gasteiger partial charge in [-0.05, 0) is 18.2 Å². The normalized spacial score (nSPS) is 10.6. The fourth-order valence-corrected chi connectivity index (χ4v) is 2.25. The summed E-state index contributed by atoms with van der Waals surface area (Å²) in [5.74, 6) is 0.525. The van der Waals surface area contributed by atoms with Gasteiger partial charge in [-0.15, -0.1) is 0 Å². The fourth-order valence-electron chi connectivity index (χ4n) is 1.38. The number of hydrogen-bond acceptors (Lipinski definition) is 2. The largest absolute Gasteiger partial charge is 0.465 e. The minimum atomic E-state index is -1.09. The van der Waals surface area contributed by atoms with Crippen LogP contribution in [0.25, 0.3) is 11.0 Å². The minimum absolute atomic E-state index is 0.123. The molecule has 0 aliphatic heterocycles. The molecule has 0 saturated heterocycles. The molecule has 0 saturated carbocycles. The highest BCUT2D eigenvalue weighted by Crippen LogP contribution is 2.30. The van der Waals surface area contributed by atoms with Crippen LogP contribution in [0, 0.1) is 0 Å². The van der Waals surface area contributed by atoms with E-state index in [0.29, 0.717) is 16.4 Å². The lowest BCUT2D eigenvalue weighted by molar-refractivity contribution is 0.193. The average molecular weight is 305 g/mol.